The first-order valence-corrected chi connectivity index (χ1v) is 7.53. The number of aromatic nitrogens is 1. The second kappa shape index (κ2) is 6.43. The van der Waals surface area contributed by atoms with Crippen LogP contribution >= 0.6 is 27.3 Å². The SMILES string of the molecule is CCc1cnccc1C(Cc1cc(Br)cs1)NN. The summed E-state index contributed by atoms with van der Waals surface area (Å²) in [6.07, 6.45) is 5.60. The van der Waals surface area contributed by atoms with E-state index in [0.29, 0.717) is 0 Å². The number of nitrogens with zero attached hydrogens (tertiary/aromatic N) is 1. The lowest BCUT2D eigenvalue weighted by Crippen LogP contribution is -2.30. The summed E-state index contributed by atoms with van der Waals surface area (Å²) in [7, 11) is 0. The van der Waals surface area contributed by atoms with Crippen molar-refractivity contribution >= 4 is 27.3 Å². The molecule has 96 valence electrons. The van der Waals surface area contributed by atoms with Crippen LogP contribution in [0.5, 0.6) is 0 Å². The predicted molar refractivity (Wildman–Crippen MR) is 79.4 cm³/mol. The van der Waals surface area contributed by atoms with Crippen LogP contribution in [0.25, 0.3) is 0 Å². The number of hydrogen-bond donors (Lipinski definition) is 2. The Morgan fingerprint density at radius 1 is 1.56 bits per heavy atom. The number of rotatable bonds is 5. The Kier molecular flexibility index (Phi) is 4.88. The van der Waals surface area contributed by atoms with Gasteiger partial charge in [0.25, 0.3) is 0 Å². The Morgan fingerprint density at radius 2 is 2.39 bits per heavy atom. The number of pyridine rings is 1. The first-order valence-electron chi connectivity index (χ1n) is 5.86. The molecule has 0 aromatic carbocycles. The molecule has 2 rings (SSSR count). The minimum Gasteiger partial charge on any atom is -0.271 e. The van der Waals surface area contributed by atoms with Crippen LogP contribution in [0.15, 0.2) is 34.4 Å². The smallest absolute Gasteiger partial charge is 0.0512 e. The normalized spacial score (nSPS) is 12.6. The van der Waals surface area contributed by atoms with Crippen molar-refractivity contribution in [1.82, 2.24) is 10.4 Å². The molecule has 1 atom stereocenters. The molecule has 3 nitrogen and oxygen atoms in total. The highest BCUT2D eigenvalue weighted by molar-refractivity contribution is 9.10. The number of nitrogens with two attached hydrogens (primary N) is 1. The van der Waals surface area contributed by atoms with Crippen molar-refractivity contribution < 1.29 is 0 Å². The molecule has 0 bridgehead atoms. The summed E-state index contributed by atoms with van der Waals surface area (Å²) < 4.78 is 1.13. The summed E-state index contributed by atoms with van der Waals surface area (Å²) in [6.45, 7) is 2.13. The Balaban J connectivity index is 2.22. The van der Waals surface area contributed by atoms with Crippen LogP contribution in [0.2, 0.25) is 0 Å². The van der Waals surface area contributed by atoms with Gasteiger partial charge in [0.1, 0.15) is 0 Å². The molecule has 0 aliphatic heterocycles. The molecule has 0 amide bonds. The molecule has 0 radical (unpaired) electrons. The fraction of sp³-hybridized carbons (Fsp3) is 0.308. The average molecular weight is 326 g/mol. The number of halogens is 1. The molecule has 0 aliphatic carbocycles. The van der Waals surface area contributed by atoms with E-state index < -0.39 is 0 Å². The Morgan fingerprint density at radius 3 is 3.00 bits per heavy atom. The topological polar surface area (TPSA) is 50.9 Å². The van der Waals surface area contributed by atoms with Gasteiger partial charge >= 0.3 is 0 Å². The highest BCUT2D eigenvalue weighted by Gasteiger charge is 2.14. The number of aryl methyl sites for hydroxylation is 1. The van der Waals surface area contributed by atoms with Gasteiger partial charge in [-0.25, -0.2) is 0 Å². The van der Waals surface area contributed by atoms with Crippen LogP contribution in [0.3, 0.4) is 0 Å². The Hall–Kier alpha value is -0.750. The van der Waals surface area contributed by atoms with Gasteiger partial charge in [0, 0.05) is 33.5 Å². The second-order valence-electron chi connectivity index (χ2n) is 4.08. The fourth-order valence-corrected chi connectivity index (χ4v) is 3.49. The van der Waals surface area contributed by atoms with Crippen LogP contribution in [0.4, 0.5) is 0 Å². The summed E-state index contributed by atoms with van der Waals surface area (Å²) >= 11 is 5.22. The minimum absolute atomic E-state index is 0.133. The molecular weight excluding hydrogens is 310 g/mol. The van der Waals surface area contributed by atoms with E-state index in [1.54, 1.807) is 11.3 Å². The fourth-order valence-electron chi connectivity index (χ4n) is 1.99. The van der Waals surface area contributed by atoms with Crippen LogP contribution in [-0.2, 0) is 12.8 Å². The van der Waals surface area contributed by atoms with Crippen molar-refractivity contribution in [2.45, 2.75) is 25.8 Å². The third-order valence-electron chi connectivity index (χ3n) is 2.93. The van der Waals surface area contributed by atoms with Gasteiger partial charge in [-0.15, -0.1) is 11.3 Å². The summed E-state index contributed by atoms with van der Waals surface area (Å²) in [5, 5.41) is 2.09. The van der Waals surface area contributed by atoms with E-state index in [9.17, 15) is 0 Å². The largest absolute Gasteiger partial charge is 0.271 e. The van der Waals surface area contributed by atoms with Gasteiger partial charge in [-0.2, -0.15) is 0 Å². The molecule has 0 spiro atoms. The molecule has 0 aliphatic rings. The molecule has 2 aromatic heterocycles. The van der Waals surface area contributed by atoms with Crippen molar-refractivity contribution in [3.8, 4) is 0 Å². The molecule has 0 saturated heterocycles. The zero-order valence-electron chi connectivity index (χ0n) is 10.2. The van der Waals surface area contributed by atoms with E-state index in [2.05, 4.69) is 44.7 Å². The van der Waals surface area contributed by atoms with Gasteiger partial charge in [-0.05, 0) is 45.6 Å². The summed E-state index contributed by atoms with van der Waals surface area (Å²) in [4.78, 5) is 5.48. The Bertz CT molecular complexity index is 512. The third kappa shape index (κ3) is 3.17. The summed E-state index contributed by atoms with van der Waals surface area (Å²) in [5.74, 6) is 5.71. The van der Waals surface area contributed by atoms with Gasteiger partial charge in [-0.1, -0.05) is 6.92 Å². The van der Waals surface area contributed by atoms with Crippen LogP contribution in [0.1, 0.15) is 29.0 Å². The molecule has 2 aromatic rings. The molecule has 0 fully saturated rings. The van der Waals surface area contributed by atoms with E-state index in [0.717, 1.165) is 17.3 Å². The number of nitrogens with one attached hydrogen (secondary N) is 1. The lowest BCUT2D eigenvalue weighted by molar-refractivity contribution is 0.550. The van der Waals surface area contributed by atoms with Crippen molar-refractivity contribution in [3.05, 3.63) is 50.4 Å². The van der Waals surface area contributed by atoms with E-state index in [-0.39, 0.29) is 6.04 Å². The van der Waals surface area contributed by atoms with E-state index in [1.165, 1.54) is 16.0 Å². The van der Waals surface area contributed by atoms with Crippen molar-refractivity contribution in [2.24, 2.45) is 5.84 Å². The maximum Gasteiger partial charge on any atom is 0.0512 e. The predicted octanol–water partition coefficient (Wildman–Crippen LogP) is 3.22. The summed E-state index contributed by atoms with van der Waals surface area (Å²) in [5.41, 5.74) is 5.40. The van der Waals surface area contributed by atoms with E-state index in [1.807, 2.05) is 18.5 Å². The van der Waals surface area contributed by atoms with Gasteiger partial charge in [0.2, 0.25) is 0 Å². The second-order valence-corrected chi connectivity index (χ2v) is 5.99. The maximum absolute atomic E-state index is 5.71. The highest BCUT2D eigenvalue weighted by atomic mass is 79.9. The van der Waals surface area contributed by atoms with Gasteiger partial charge < -0.3 is 0 Å². The van der Waals surface area contributed by atoms with Crippen LogP contribution < -0.4 is 11.3 Å². The van der Waals surface area contributed by atoms with Crippen LogP contribution in [-0.4, -0.2) is 4.98 Å². The first-order chi connectivity index (χ1) is 8.74. The zero-order chi connectivity index (χ0) is 13.0. The van der Waals surface area contributed by atoms with Crippen molar-refractivity contribution in [2.75, 3.05) is 0 Å². The maximum atomic E-state index is 5.71. The lowest BCUT2D eigenvalue weighted by atomic mass is 9.98. The van der Waals surface area contributed by atoms with Crippen LogP contribution in [0, 0.1) is 0 Å². The molecule has 2 heterocycles. The Labute approximate surface area is 120 Å². The van der Waals surface area contributed by atoms with Gasteiger partial charge in [0.15, 0.2) is 0 Å². The number of thiophene rings is 1. The monoisotopic (exact) mass is 325 g/mol. The number of hydrazine groups is 1. The van der Waals surface area contributed by atoms with E-state index in [4.69, 9.17) is 5.84 Å². The third-order valence-corrected chi connectivity index (χ3v) is 4.65. The lowest BCUT2D eigenvalue weighted by Gasteiger charge is -2.18. The molecule has 0 saturated carbocycles. The highest BCUT2D eigenvalue weighted by Crippen LogP contribution is 2.26. The number of hydrogen-bond acceptors (Lipinski definition) is 4. The van der Waals surface area contributed by atoms with Crippen molar-refractivity contribution in [3.63, 3.8) is 0 Å². The first kappa shape index (κ1) is 13.7. The zero-order valence-corrected chi connectivity index (χ0v) is 12.6. The average Bonchev–Trinajstić information content (AvgIpc) is 2.81. The minimum atomic E-state index is 0.133. The summed E-state index contributed by atoms with van der Waals surface area (Å²) in [6, 6.07) is 4.32. The quantitative estimate of drug-likeness (QED) is 0.655. The molecule has 18 heavy (non-hydrogen) atoms. The van der Waals surface area contributed by atoms with E-state index >= 15 is 0 Å². The molecule has 1 unspecified atom stereocenters. The molecule has 5 heteroatoms. The van der Waals surface area contributed by atoms with Gasteiger partial charge in [-0.3, -0.25) is 16.3 Å². The van der Waals surface area contributed by atoms with Gasteiger partial charge in [0.05, 0.1) is 6.04 Å². The molecular formula is C13H16BrN3S. The molecule has 3 N–H and O–H groups in total. The van der Waals surface area contributed by atoms with Crippen molar-refractivity contribution in [1.29, 1.82) is 0 Å². The standard InChI is InChI=1S/C13H16BrN3S/c1-2-9-7-16-4-3-12(9)13(17-15)6-11-5-10(14)8-18-11/h3-5,7-8,13,17H,2,6,15H2,1H3.